The smallest absolute Gasteiger partial charge is 0.313 e. The molecule has 1 heterocycles. The fraction of sp³-hybridized carbons (Fsp3) is 0.333. The van der Waals surface area contributed by atoms with Crippen molar-refractivity contribution in [3.8, 4) is 0 Å². The average molecular weight is 318 g/mol. The first kappa shape index (κ1) is 16.2. The molecule has 0 unspecified atom stereocenters. The van der Waals surface area contributed by atoms with Crippen molar-refractivity contribution in [3.05, 3.63) is 41.2 Å². The van der Waals surface area contributed by atoms with Gasteiger partial charge in [-0.3, -0.25) is 4.79 Å². The lowest BCUT2D eigenvalue weighted by molar-refractivity contribution is -0.133. The molecule has 0 bridgehead atoms. The summed E-state index contributed by atoms with van der Waals surface area (Å²) in [6, 6.07) is 8.15. The lowest BCUT2D eigenvalue weighted by Gasteiger charge is -2.04. The Balaban J connectivity index is 2.15. The molecule has 0 spiro atoms. The number of hydrogen-bond acceptors (Lipinski definition) is 5. The van der Waals surface area contributed by atoms with Crippen molar-refractivity contribution in [1.82, 2.24) is 14.9 Å². The number of benzene rings is 1. The molecule has 0 saturated carbocycles. The summed E-state index contributed by atoms with van der Waals surface area (Å²) in [6.07, 6.45) is 1.71. The fourth-order valence-corrected chi connectivity index (χ4v) is 2.43. The number of aliphatic carboxylic acids is 1. The standard InChI is InChI=1S/C15H18N4O2S/c1-10(2)13-6-4-12(5-7-13)8-16-19-11(3)17-18-15(19)22-9-14(20)21/h4-8,10H,9H2,1-3H3,(H,20,21). The summed E-state index contributed by atoms with van der Waals surface area (Å²) in [5.74, 6) is 0.134. The fourth-order valence-electron chi connectivity index (χ4n) is 1.78. The summed E-state index contributed by atoms with van der Waals surface area (Å²) in [6.45, 7) is 6.07. The highest BCUT2D eigenvalue weighted by Gasteiger charge is 2.10. The van der Waals surface area contributed by atoms with Crippen LogP contribution in [0.5, 0.6) is 0 Å². The second kappa shape index (κ2) is 7.22. The van der Waals surface area contributed by atoms with Gasteiger partial charge in [-0.15, -0.1) is 10.2 Å². The number of thioether (sulfide) groups is 1. The molecule has 0 radical (unpaired) electrons. The van der Waals surface area contributed by atoms with Gasteiger partial charge in [0.05, 0.1) is 12.0 Å². The minimum absolute atomic E-state index is 0.0727. The zero-order valence-corrected chi connectivity index (χ0v) is 13.5. The number of aromatic nitrogens is 3. The maximum absolute atomic E-state index is 10.6. The summed E-state index contributed by atoms with van der Waals surface area (Å²) in [5.41, 5.74) is 2.24. The van der Waals surface area contributed by atoms with Crippen LogP contribution in [0.3, 0.4) is 0 Å². The number of aryl methyl sites for hydroxylation is 1. The highest BCUT2D eigenvalue weighted by atomic mass is 32.2. The number of carbonyl (C=O) groups is 1. The van der Waals surface area contributed by atoms with E-state index in [1.165, 1.54) is 5.56 Å². The predicted molar refractivity (Wildman–Crippen MR) is 86.6 cm³/mol. The van der Waals surface area contributed by atoms with E-state index in [1.54, 1.807) is 17.8 Å². The van der Waals surface area contributed by atoms with Gasteiger partial charge in [0.2, 0.25) is 5.16 Å². The summed E-state index contributed by atoms with van der Waals surface area (Å²) < 4.78 is 1.55. The van der Waals surface area contributed by atoms with E-state index in [1.807, 2.05) is 12.1 Å². The Bertz CT molecular complexity index is 677. The molecule has 1 aromatic carbocycles. The van der Waals surface area contributed by atoms with E-state index in [9.17, 15) is 4.79 Å². The molecule has 6 nitrogen and oxygen atoms in total. The van der Waals surface area contributed by atoms with Gasteiger partial charge in [0.1, 0.15) is 0 Å². The molecule has 2 rings (SSSR count). The first-order chi connectivity index (χ1) is 10.5. The Hall–Kier alpha value is -2.15. The summed E-state index contributed by atoms with van der Waals surface area (Å²) in [4.78, 5) is 10.6. The third-order valence-electron chi connectivity index (χ3n) is 3.02. The van der Waals surface area contributed by atoms with Crippen LogP contribution in [0.15, 0.2) is 34.5 Å². The second-order valence-electron chi connectivity index (χ2n) is 5.09. The molecule has 22 heavy (non-hydrogen) atoms. The Morgan fingerprint density at radius 1 is 1.36 bits per heavy atom. The quantitative estimate of drug-likeness (QED) is 0.654. The molecule has 2 aromatic rings. The third kappa shape index (κ3) is 4.17. The van der Waals surface area contributed by atoms with Gasteiger partial charge in [-0.25, -0.2) is 0 Å². The van der Waals surface area contributed by atoms with Crippen LogP contribution in [-0.4, -0.2) is 37.9 Å². The predicted octanol–water partition coefficient (Wildman–Crippen LogP) is 2.77. The number of carboxylic acids is 1. The van der Waals surface area contributed by atoms with Gasteiger partial charge in [0.15, 0.2) is 5.82 Å². The minimum atomic E-state index is -0.898. The lowest BCUT2D eigenvalue weighted by atomic mass is 10.0. The Kier molecular flexibility index (Phi) is 5.32. The number of hydrogen-bond donors (Lipinski definition) is 1. The first-order valence-corrected chi connectivity index (χ1v) is 7.87. The van der Waals surface area contributed by atoms with Crippen molar-refractivity contribution in [2.24, 2.45) is 5.10 Å². The summed E-state index contributed by atoms with van der Waals surface area (Å²) in [7, 11) is 0. The van der Waals surface area contributed by atoms with Crippen LogP contribution >= 0.6 is 11.8 Å². The van der Waals surface area contributed by atoms with Crippen LogP contribution in [0.4, 0.5) is 0 Å². The second-order valence-corrected chi connectivity index (χ2v) is 6.03. The molecular weight excluding hydrogens is 300 g/mol. The Labute approximate surface area is 133 Å². The topological polar surface area (TPSA) is 80.4 Å². The average Bonchev–Trinajstić information content (AvgIpc) is 2.83. The van der Waals surface area contributed by atoms with Crippen molar-refractivity contribution in [2.45, 2.75) is 31.8 Å². The van der Waals surface area contributed by atoms with Gasteiger partial charge in [0.25, 0.3) is 0 Å². The minimum Gasteiger partial charge on any atom is -0.481 e. The number of carboxylic acid groups (broad SMARTS) is 1. The monoisotopic (exact) mass is 318 g/mol. The molecule has 0 aliphatic carbocycles. The number of nitrogens with zero attached hydrogens (tertiary/aromatic N) is 4. The highest BCUT2D eigenvalue weighted by Crippen LogP contribution is 2.17. The van der Waals surface area contributed by atoms with Gasteiger partial charge in [-0.2, -0.15) is 9.78 Å². The molecule has 0 fully saturated rings. The van der Waals surface area contributed by atoms with Gasteiger partial charge < -0.3 is 5.11 Å². The van der Waals surface area contributed by atoms with E-state index in [0.29, 0.717) is 16.9 Å². The maximum Gasteiger partial charge on any atom is 0.313 e. The van der Waals surface area contributed by atoms with Gasteiger partial charge in [0, 0.05) is 0 Å². The molecule has 7 heteroatoms. The zero-order valence-electron chi connectivity index (χ0n) is 12.7. The Morgan fingerprint density at radius 2 is 2.05 bits per heavy atom. The maximum atomic E-state index is 10.6. The molecule has 0 atom stereocenters. The van der Waals surface area contributed by atoms with E-state index in [0.717, 1.165) is 17.3 Å². The summed E-state index contributed by atoms with van der Waals surface area (Å²) in [5, 5.41) is 21.4. The Morgan fingerprint density at radius 3 is 2.64 bits per heavy atom. The van der Waals surface area contributed by atoms with Gasteiger partial charge >= 0.3 is 5.97 Å². The van der Waals surface area contributed by atoms with Crippen LogP contribution in [0, 0.1) is 6.92 Å². The first-order valence-electron chi connectivity index (χ1n) is 6.88. The van der Waals surface area contributed by atoms with E-state index >= 15 is 0 Å². The molecule has 0 amide bonds. The largest absolute Gasteiger partial charge is 0.481 e. The van der Waals surface area contributed by atoms with Crippen molar-refractivity contribution in [1.29, 1.82) is 0 Å². The third-order valence-corrected chi connectivity index (χ3v) is 3.92. The van der Waals surface area contributed by atoms with E-state index < -0.39 is 5.97 Å². The van der Waals surface area contributed by atoms with E-state index in [2.05, 4.69) is 41.3 Å². The van der Waals surface area contributed by atoms with Crippen molar-refractivity contribution in [2.75, 3.05) is 5.75 Å². The molecule has 1 N–H and O–H groups in total. The van der Waals surface area contributed by atoms with Crippen LogP contribution in [-0.2, 0) is 4.79 Å². The van der Waals surface area contributed by atoms with Crippen LogP contribution in [0.1, 0.15) is 36.7 Å². The molecule has 0 aliphatic rings. The van der Waals surface area contributed by atoms with Crippen LogP contribution in [0.25, 0.3) is 0 Å². The molecule has 0 aliphatic heterocycles. The molecule has 116 valence electrons. The van der Waals surface area contributed by atoms with Gasteiger partial charge in [-0.05, 0) is 24.0 Å². The molecular formula is C15H18N4O2S. The zero-order chi connectivity index (χ0) is 16.1. The highest BCUT2D eigenvalue weighted by molar-refractivity contribution is 7.99. The van der Waals surface area contributed by atoms with Gasteiger partial charge in [-0.1, -0.05) is 49.9 Å². The van der Waals surface area contributed by atoms with E-state index in [-0.39, 0.29) is 5.75 Å². The normalized spacial score (nSPS) is 11.5. The van der Waals surface area contributed by atoms with Crippen molar-refractivity contribution < 1.29 is 9.90 Å². The SMILES string of the molecule is Cc1nnc(SCC(=O)O)n1N=Cc1ccc(C(C)C)cc1. The van der Waals surface area contributed by atoms with E-state index in [4.69, 9.17) is 5.11 Å². The molecule has 1 aromatic heterocycles. The van der Waals surface area contributed by atoms with Crippen LogP contribution in [0.2, 0.25) is 0 Å². The van der Waals surface area contributed by atoms with Crippen molar-refractivity contribution in [3.63, 3.8) is 0 Å². The van der Waals surface area contributed by atoms with Crippen LogP contribution < -0.4 is 0 Å². The molecule has 0 saturated heterocycles. The summed E-state index contributed by atoms with van der Waals surface area (Å²) >= 11 is 1.09. The number of rotatable bonds is 6. The van der Waals surface area contributed by atoms with Crippen molar-refractivity contribution >= 4 is 23.9 Å². The lowest BCUT2D eigenvalue weighted by Crippen LogP contribution is -2.01.